The Labute approximate surface area is 172 Å². The molecule has 1 unspecified atom stereocenters. The highest BCUT2D eigenvalue weighted by Gasteiger charge is 2.22. The SMILES string of the molecule is CCNC(=NCc1ccc(N2CCOCC2)cc1)NCC1Cc2ccccc2O1. The van der Waals surface area contributed by atoms with Crippen LogP contribution in [0.2, 0.25) is 0 Å². The van der Waals surface area contributed by atoms with Crippen LogP contribution in [0.25, 0.3) is 0 Å². The van der Waals surface area contributed by atoms with Gasteiger partial charge < -0.3 is 25.0 Å². The van der Waals surface area contributed by atoms with E-state index >= 15 is 0 Å². The number of nitrogens with zero attached hydrogens (tertiary/aromatic N) is 2. The maximum Gasteiger partial charge on any atom is 0.191 e. The molecule has 6 heteroatoms. The second-order valence-corrected chi connectivity index (χ2v) is 7.39. The van der Waals surface area contributed by atoms with Gasteiger partial charge in [-0.25, -0.2) is 4.99 Å². The van der Waals surface area contributed by atoms with Gasteiger partial charge in [-0.15, -0.1) is 0 Å². The topological polar surface area (TPSA) is 58.1 Å². The Bertz CT molecular complexity index is 791. The van der Waals surface area contributed by atoms with Gasteiger partial charge >= 0.3 is 0 Å². The third-order valence-corrected chi connectivity index (χ3v) is 5.29. The summed E-state index contributed by atoms with van der Waals surface area (Å²) in [5, 5.41) is 6.74. The van der Waals surface area contributed by atoms with E-state index in [2.05, 4.69) is 58.9 Å². The van der Waals surface area contributed by atoms with Crippen molar-refractivity contribution in [2.24, 2.45) is 4.99 Å². The first-order valence-electron chi connectivity index (χ1n) is 10.5. The molecule has 1 fully saturated rings. The van der Waals surface area contributed by atoms with Crippen LogP contribution in [0.1, 0.15) is 18.1 Å². The van der Waals surface area contributed by atoms with Crippen molar-refractivity contribution in [2.75, 3.05) is 44.3 Å². The van der Waals surface area contributed by atoms with Gasteiger partial charge in [0.15, 0.2) is 5.96 Å². The van der Waals surface area contributed by atoms with Crippen molar-refractivity contribution >= 4 is 11.6 Å². The van der Waals surface area contributed by atoms with Gasteiger partial charge in [-0.3, -0.25) is 0 Å². The Hall–Kier alpha value is -2.73. The van der Waals surface area contributed by atoms with E-state index in [-0.39, 0.29) is 6.10 Å². The highest BCUT2D eigenvalue weighted by molar-refractivity contribution is 5.79. The first kappa shape index (κ1) is 19.6. The van der Waals surface area contributed by atoms with Crippen LogP contribution in [0.5, 0.6) is 5.75 Å². The monoisotopic (exact) mass is 394 g/mol. The van der Waals surface area contributed by atoms with Crippen LogP contribution in [0, 0.1) is 0 Å². The van der Waals surface area contributed by atoms with E-state index in [0.29, 0.717) is 6.54 Å². The molecule has 0 saturated carbocycles. The van der Waals surface area contributed by atoms with Crippen LogP contribution < -0.4 is 20.3 Å². The summed E-state index contributed by atoms with van der Waals surface area (Å²) < 4.78 is 11.4. The number of benzene rings is 2. The van der Waals surface area contributed by atoms with Crippen LogP contribution in [0.3, 0.4) is 0 Å². The quantitative estimate of drug-likeness (QED) is 0.583. The molecule has 6 nitrogen and oxygen atoms in total. The molecule has 2 N–H and O–H groups in total. The highest BCUT2D eigenvalue weighted by Crippen LogP contribution is 2.27. The summed E-state index contributed by atoms with van der Waals surface area (Å²) in [6, 6.07) is 16.9. The minimum atomic E-state index is 0.143. The molecule has 1 saturated heterocycles. The summed E-state index contributed by atoms with van der Waals surface area (Å²) in [7, 11) is 0. The van der Waals surface area contributed by atoms with Crippen molar-refractivity contribution in [3.63, 3.8) is 0 Å². The van der Waals surface area contributed by atoms with Crippen LogP contribution in [-0.4, -0.2) is 51.5 Å². The zero-order valence-electron chi connectivity index (χ0n) is 17.1. The fourth-order valence-corrected chi connectivity index (χ4v) is 3.72. The molecule has 29 heavy (non-hydrogen) atoms. The van der Waals surface area contributed by atoms with Crippen LogP contribution in [-0.2, 0) is 17.7 Å². The van der Waals surface area contributed by atoms with E-state index in [1.54, 1.807) is 0 Å². The lowest BCUT2D eigenvalue weighted by Crippen LogP contribution is -2.42. The van der Waals surface area contributed by atoms with E-state index in [9.17, 15) is 0 Å². The Morgan fingerprint density at radius 2 is 1.86 bits per heavy atom. The van der Waals surface area contributed by atoms with Gasteiger partial charge in [-0.2, -0.15) is 0 Å². The number of fused-ring (bicyclic) bond motifs is 1. The smallest absolute Gasteiger partial charge is 0.191 e. The molecule has 154 valence electrons. The van der Waals surface area contributed by atoms with Crippen LogP contribution in [0.15, 0.2) is 53.5 Å². The van der Waals surface area contributed by atoms with Crippen molar-refractivity contribution in [3.05, 3.63) is 59.7 Å². The summed E-state index contributed by atoms with van der Waals surface area (Å²) in [6.45, 7) is 7.81. The van der Waals surface area contributed by atoms with Gasteiger partial charge in [-0.05, 0) is 36.2 Å². The number of ether oxygens (including phenoxy) is 2. The standard InChI is InChI=1S/C23H30N4O2/c1-2-24-23(26-17-21-15-19-5-3-4-6-22(19)29-21)25-16-18-7-9-20(10-8-18)27-11-13-28-14-12-27/h3-10,21H,2,11-17H2,1H3,(H2,24,25,26). The molecule has 2 heterocycles. The average molecular weight is 395 g/mol. The third-order valence-electron chi connectivity index (χ3n) is 5.29. The largest absolute Gasteiger partial charge is 0.488 e. The van der Waals surface area contributed by atoms with Crippen molar-refractivity contribution < 1.29 is 9.47 Å². The lowest BCUT2D eigenvalue weighted by molar-refractivity contribution is 0.122. The molecule has 2 aromatic rings. The zero-order valence-corrected chi connectivity index (χ0v) is 17.1. The van der Waals surface area contributed by atoms with Crippen molar-refractivity contribution in [1.29, 1.82) is 0 Å². The van der Waals surface area contributed by atoms with Crippen molar-refractivity contribution in [1.82, 2.24) is 10.6 Å². The minimum Gasteiger partial charge on any atom is -0.488 e. The minimum absolute atomic E-state index is 0.143. The molecule has 2 aliphatic heterocycles. The molecule has 0 aliphatic carbocycles. The predicted octanol–water partition coefficient (Wildman–Crippen LogP) is 2.58. The van der Waals surface area contributed by atoms with Gasteiger partial charge in [0.1, 0.15) is 11.9 Å². The second-order valence-electron chi connectivity index (χ2n) is 7.39. The normalized spacial score (nSPS) is 18.9. The summed E-state index contributed by atoms with van der Waals surface area (Å²) in [5.41, 5.74) is 3.73. The van der Waals surface area contributed by atoms with Gasteiger partial charge in [0, 0.05) is 31.7 Å². The molecule has 0 bridgehead atoms. The lowest BCUT2D eigenvalue weighted by atomic mass is 10.1. The van der Waals surface area contributed by atoms with Gasteiger partial charge in [-0.1, -0.05) is 30.3 Å². The number of hydrogen-bond donors (Lipinski definition) is 2. The van der Waals surface area contributed by atoms with Crippen molar-refractivity contribution in [3.8, 4) is 5.75 Å². The van der Waals surface area contributed by atoms with E-state index in [0.717, 1.165) is 57.5 Å². The molecule has 0 amide bonds. The van der Waals surface area contributed by atoms with Crippen LogP contribution in [0.4, 0.5) is 5.69 Å². The fraction of sp³-hybridized carbons (Fsp3) is 0.435. The average Bonchev–Trinajstić information content (AvgIpc) is 3.20. The summed E-state index contributed by atoms with van der Waals surface area (Å²) in [4.78, 5) is 7.10. The number of morpholine rings is 1. The summed E-state index contributed by atoms with van der Waals surface area (Å²) in [6.07, 6.45) is 1.08. The zero-order chi connectivity index (χ0) is 19.9. The number of nitrogens with one attached hydrogen (secondary N) is 2. The Morgan fingerprint density at radius 1 is 1.07 bits per heavy atom. The number of para-hydroxylation sites is 1. The van der Waals surface area contributed by atoms with Gasteiger partial charge in [0.05, 0.1) is 26.3 Å². The molecule has 2 aliphatic rings. The van der Waals surface area contributed by atoms with Gasteiger partial charge in [0.25, 0.3) is 0 Å². The lowest BCUT2D eigenvalue weighted by Gasteiger charge is -2.28. The molecule has 0 spiro atoms. The molecule has 0 aromatic heterocycles. The number of hydrogen-bond acceptors (Lipinski definition) is 4. The van der Waals surface area contributed by atoms with E-state index in [1.807, 2.05) is 12.1 Å². The molecule has 4 rings (SSSR count). The fourth-order valence-electron chi connectivity index (χ4n) is 3.72. The summed E-state index contributed by atoms with van der Waals surface area (Å²) >= 11 is 0. The number of aliphatic imine (C=N–C) groups is 1. The van der Waals surface area contributed by atoms with Gasteiger partial charge in [0.2, 0.25) is 0 Å². The Morgan fingerprint density at radius 3 is 2.62 bits per heavy atom. The maximum absolute atomic E-state index is 6.01. The molecular formula is C23H30N4O2. The maximum atomic E-state index is 6.01. The molecule has 2 aromatic carbocycles. The second kappa shape index (κ2) is 9.65. The van der Waals surface area contributed by atoms with Crippen molar-refractivity contribution in [2.45, 2.75) is 26.0 Å². The first-order chi connectivity index (χ1) is 14.3. The number of guanidine groups is 1. The highest BCUT2D eigenvalue weighted by atomic mass is 16.5. The van der Waals surface area contributed by atoms with E-state index in [1.165, 1.54) is 16.8 Å². The van der Waals surface area contributed by atoms with Crippen LogP contribution >= 0.6 is 0 Å². The number of rotatable bonds is 6. The van der Waals surface area contributed by atoms with E-state index in [4.69, 9.17) is 14.5 Å². The van der Waals surface area contributed by atoms with E-state index < -0.39 is 0 Å². The first-order valence-corrected chi connectivity index (χ1v) is 10.5. The molecule has 0 radical (unpaired) electrons. The molecular weight excluding hydrogens is 364 g/mol. The third kappa shape index (κ3) is 5.21. The number of anilines is 1. The Balaban J connectivity index is 1.30. The predicted molar refractivity (Wildman–Crippen MR) is 117 cm³/mol. The molecule has 1 atom stereocenters. The summed E-state index contributed by atoms with van der Waals surface area (Å²) in [5.74, 6) is 1.82. The Kier molecular flexibility index (Phi) is 6.52.